The Morgan fingerprint density at radius 2 is 1.85 bits per heavy atom. The fourth-order valence-corrected chi connectivity index (χ4v) is 3.05. The largest absolute Gasteiger partial charge is 0.293 e. The molecule has 0 amide bonds. The summed E-state index contributed by atoms with van der Waals surface area (Å²) in [5.41, 5.74) is 3.37. The Balaban J connectivity index is 1.66. The van der Waals surface area contributed by atoms with Gasteiger partial charge in [-0.25, -0.2) is 9.67 Å². The van der Waals surface area contributed by atoms with E-state index in [1.807, 2.05) is 48.5 Å². The van der Waals surface area contributed by atoms with Crippen LogP contribution >= 0.6 is 11.6 Å². The monoisotopic (exact) mass is 377 g/mol. The van der Waals surface area contributed by atoms with Crippen LogP contribution in [-0.4, -0.2) is 24.5 Å². The van der Waals surface area contributed by atoms with Gasteiger partial charge in [0.2, 0.25) is 0 Å². The minimum atomic E-state index is -0.224. The second-order valence-corrected chi connectivity index (χ2v) is 6.54. The molecule has 0 aliphatic rings. The molecule has 7 heteroatoms. The molecule has 0 atom stereocenters. The van der Waals surface area contributed by atoms with Crippen molar-refractivity contribution in [2.45, 2.75) is 13.1 Å². The summed E-state index contributed by atoms with van der Waals surface area (Å²) in [5, 5.41) is 8.76. The van der Waals surface area contributed by atoms with E-state index < -0.39 is 0 Å². The maximum absolute atomic E-state index is 12.8. The van der Waals surface area contributed by atoms with E-state index in [4.69, 9.17) is 11.6 Å². The van der Waals surface area contributed by atoms with Gasteiger partial charge in [0.1, 0.15) is 6.33 Å². The minimum Gasteiger partial charge on any atom is -0.293 e. The Morgan fingerprint density at radius 3 is 2.59 bits per heavy atom. The molecule has 0 N–H and O–H groups in total. The Hall–Kier alpha value is -3.25. The molecule has 0 saturated carbocycles. The van der Waals surface area contributed by atoms with Crippen LogP contribution in [0.25, 0.3) is 17.2 Å². The third-order valence-electron chi connectivity index (χ3n) is 4.34. The molecule has 2 aromatic heterocycles. The van der Waals surface area contributed by atoms with E-state index in [0.29, 0.717) is 23.8 Å². The zero-order valence-electron chi connectivity index (χ0n) is 14.4. The third-order valence-corrected chi connectivity index (χ3v) is 4.71. The molecule has 4 rings (SSSR count). The molecular formula is C20H16ClN5O. The van der Waals surface area contributed by atoms with Crippen molar-refractivity contribution in [1.82, 2.24) is 24.5 Å². The maximum Gasteiger partial charge on any atom is 0.283 e. The highest BCUT2D eigenvalue weighted by Gasteiger charge is 2.13. The van der Waals surface area contributed by atoms with Crippen molar-refractivity contribution in [3.63, 3.8) is 0 Å². The van der Waals surface area contributed by atoms with E-state index in [-0.39, 0.29) is 11.1 Å². The molecular weight excluding hydrogens is 362 g/mol. The number of hydrogen-bond acceptors (Lipinski definition) is 4. The quantitative estimate of drug-likeness (QED) is 0.534. The molecule has 0 aliphatic heterocycles. The van der Waals surface area contributed by atoms with Crippen molar-refractivity contribution in [3.8, 4) is 0 Å². The van der Waals surface area contributed by atoms with Gasteiger partial charge >= 0.3 is 0 Å². The van der Waals surface area contributed by atoms with Gasteiger partial charge in [-0.05, 0) is 22.8 Å². The SMILES string of the molecule is C=Cc1ccc(Cn2cnc3c(nnn3Cc3ccccc3Cl)c2=O)cc1. The number of fused-ring (bicyclic) bond motifs is 1. The van der Waals surface area contributed by atoms with Crippen molar-refractivity contribution < 1.29 is 0 Å². The number of hydrogen-bond donors (Lipinski definition) is 0. The van der Waals surface area contributed by atoms with E-state index in [9.17, 15) is 4.79 Å². The highest BCUT2D eigenvalue weighted by Crippen LogP contribution is 2.17. The van der Waals surface area contributed by atoms with Gasteiger partial charge in [0, 0.05) is 5.02 Å². The van der Waals surface area contributed by atoms with Crippen molar-refractivity contribution >= 4 is 28.8 Å². The molecule has 0 unspecified atom stereocenters. The topological polar surface area (TPSA) is 65.6 Å². The van der Waals surface area contributed by atoms with E-state index in [0.717, 1.165) is 16.7 Å². The molecule has 2 aromatic carbocycles. The maximum atomic E-state index is 12.8. The standard InChI is InChI=1S/C20H16ClN5O/c1-2-14-7-9-15(10-8-14)11-25-13-22-19-18(20(25)27)23-24-26(19)12-16-5-3-4-6-17(16)21/h2-10,13H,1,11-12H2. The van der Waals surface area contributed by atoms with E-state index in [1.54, 1.807) is 10.8 Å². The predicted molar refractivity (Wildman–Crippen MR) is 106 cm³/mol. The smallest absolute Gasteiger partial charge is 0.283 e. The zero-order valence-corrected chi connectivity index (χ0v) is 15.2. The van der Waals surface area contributed by atoms with Gasteiger partial charge in [-0.3, -0.25) is 9.36 Å². The number of rotatable bonds is 5. The molecule has 0 saturated heterocycles. The van der Waals surface area contributed by atoms with Crippen molar-refractivity contribution in [1.29, 1.82) is 0 Å². The summed E-state index contributed by atoms with van der Waals surface area (Å²) in [7, 11) is 0. The summed E-state index contributed by atoms with van der Waals surface area (Å²) in [6, 6.07) is 15.3. The van der Waals surface area contributed by atoms with Gasteiger partial charge in [-0.1, -0.05) is 71.9 Å². The number of benzene rings is 2. The predicted octanol–water partition coefficient (Wildman–Crippen LogP) is 3.38. The fourth-order valence-electron chi connectivity index (χ4n) is 2.85. The summed E-state index contributed by atoms with van der Waals surface area (Å²) < 4.78 is 3.11. The number of nitrogens with zero attached hydrogens (tertiary/aromatic N) is 5. The van der Waals surface area contributed by atoms with Crippen LogP contribution in [0.5, 0.6) is 0 Å². The van der Waals surface area contributed by atoms with Gasteiger partial charge in [0.25, 0.3) is 5.56 Å². The van der Waals surface area contributed by atoms with Crippen LogP contribution in [0.2, 0.25) is 5.02 Å². The summed E-state index contributed by atoms with van der Waals surface area (Å²) in [5.74, 6) is 0. The van der Waals surface area contributed by atoms with E-state index in [1.165, 1.54) is 10.9 Å². The zero-order chi connectivity index (χ0) is 18.8. The van der Waals surface area contributed by atoms with Crippen LogP contribution < -0.4 is 5.56 Å². The molecule has 0 fully saturated rings. The molecule has 0 aliphatic carbocycles. The highest BCUT2D eigenvalue weighted by molar-refractivity contribution is 6.31. The highest BCUT2D eigenvalue weighted by atomic mass is 35.5. The molecule has 0 radical (unpaired) electrons. The van der Waals surface area contributed by atoms with E-state index in [2.05, 4.69) is 21.9 Å². The van der Waals surface area contributed by atoms with Gasteiger partial charge in [-0.15, -0.1) is 5.10 Å². The van der Waals surface area contributed by atoms with Crippen molar-refractivity contribution in [2.75, 3.05) is 0 Å². The van der Waals surface area contributed by atoms with Crippen LogP contribution in [0, 0.1) is 0 Å². The van der Waals surface area contributed by atoms with Gasteiger partial charge in [0.05, 0.1) is 13.1 Å². The first-order valence-electron chi connectivity index (χ1n) is 8.39. The second kappa shape index (κ2) is 7.17. The lowest BCUT2D eigenvalue weighted by Gasteiger charge is -2.07. The number of aromatic nitrogens is 5. The molecule has 134 valence electrons. The number of halogens is 1. The normalized spacial score (nSPS) is 11.0. The summed E-state index contributed by atoms with van der Waals surface area (Å²) >= 11 is 6.21. The van der Waals surface area contributed by atoms with Crippen LogP contribution in [-0.2, 0) is 13.1 Å². The molecule has 2 heterocycles. The first-order chi connectivity index (χ1) is 13.2. The van der Waals surface area contributed by atoms with Crippen LogP contribution in [0.3, 0.4) is 0 Å². The third kappa shape index (κ3) is 3.39. The van der Waals surface area contributed by atoms with Gasteiger partial charge in [0.15, 0.2) is 11.2 Å². The van der Waals surface area contributed by atoms with Crippen molar-refractivity contribution in [2.24, 2.45) is 0 Å². The minimum absolute atomic E-state index is 0.224. The summed E-state index contributed by atoms with van der Waals surface area (Å²) in [6.07, 6.45) is 3.30. The average Bonchev–Trinajstić information content (AvgIpc) is 3.10. The molecule has 6 nitrogen and oxygen atoms in total. The van der Waals surface area contributed by atoms with Gasteiger partial charge < -0.3 is 0 Å². The molecule has 0 bridgehead atoms. The van der Waals surface area contributed by atoms with Crippen LogP contribution in [0.4, 0.5) is 0 Å². The molecule has 4 aromatic rings. The lowest BCUT2D eigenvalue weighted by molar-refractivity contribution is 0.663. The van der Waals surface area contributed by atoms with Crippen LogP contribution in [0.1, 0.15) is 16.7 Å². The van der Waals surface area contributed by atoms with Gasteiger partial charge in [-0.2, -0.15) is 0 Å². The Morgan fingerprint density at radius 1 is 1.07 bits per heavy atom. The van der Waals surface area contributed by atoms with Crippen LogP contribution in [0.15, 0.2) is 66.2 Å². The van der Waals surface area contributed by atoms with Crippen molar-refractivity contribution in [3.05, 3.63) is 93.5 Å². The Bertz CT molecular complexity index is 1180. The Labute approximate surface area is 160 Å². The molecule has 0 spiro atoms. The lowest BCUT2D eigenvalue weighted by Crippen LogP contribution is -2.21. The first-order valence-corrected chi connectivity index (χ1v) is 8.77. The molecule has 27 heavy (non-hydrogen) atoms. The Kier molecular flexibility index (Phi) is 4.56. The lowest BCUT2D eigenvalue weighted by atomic mass is 10.1. The first kappa shape index (κ1) is 17.2. The summed E-state index contributed by atoms with van der Waals surface area (Å²) in [6.45, 7) is 4.55. The fraction of sp³-hybridized carbons (Fsp3) is 0.100. The average molecular weight is 378 g/mol. The second-order valence-electron chi connectivity index (χ2n) is 6.13. The summed E-state index contributed by atoms with van der Waals surface area (Å²) in [4.78, 5) is 17.2. The van der Waals surface area contributed by atoms with E-state index >= 15 is 0 Å².